The molecule has 14 heteroatoms. The van der Waals surface area contributed by atoms with Crippen LogP contribution in [0.15, 0.2) is 30.6 Å². The molecule has 242 valence electrons. The monoisotopic (exact) mass is 669 g/mol. The number of amides is 1. The van der Waals surface area contributed by atoms with Gasteiger partial charge in [0.1, 0.15) is 23.7 Å². The largest absolute Gasteiger partial charge is 0.450 e. The molecule has 0 saturated heterocycles. The summed E-state index contributed by atoms with van der Waals surface area (Å²) in [5, 5.41) is 9.41. The molecule has 3 N–H and O–H groups in total. The predicted molar refractivity (Wildman–Crippen MR) is 178 cm³/mol. The normalized spacial score (nSPS) is 12.2. The van der Waals surface area contributed by atoms with Crippen molar-refractivity contribution in [2.75, 3.05) is 25.0 Å². The highest BCUT2D eigenvalue weighted by atomic mass is 35.5. The number of pyridine rings is 1. The van der Waals surface area contributed by atoms with Crippen molar-refractivity contribution < 1.29 is 27.8 Å². The van der Waals surface area contributed by atoms with Crippen molar-refractivity contribution in [2.45, 2.75) is 72.6 Å². The number of ether oxygens (including phenoxy) is 3. The Morgan fingerprint density at radius 1 is 1.09 bits per heavy atom. The van der Waals surface area contributed by atoms with Crippen LogP contribution in [0.3, 0.4) is 0 Å². The van der Waals surface area contributed by atoms with Crippen LogP contribution in [0.2, 0.25) is 30.7 Å². The van der Waals surface area contributed by atoms with Gasteiger partial charge in [0.05, 0.1) is 10.4 Å². The van der Waals surface area contributed by atoms with Crippen molar-refractivity contribution in [1.82, 2.24) is 20.2 Å². The first-order chi connectivity index (χ1) is 20.3. The zero-order chi connectivity index (χ0) is 32.9. The van der Waals surface area contributed by atoms with Crippen LogP contribution in [0.1, 0.15) is 34.6 Å². The van der Waals surface area contributed by atoms with E-state index in [1.807, 2.05) is 13.8 Å². The van der Waals surface area contributed by atoms with Gasteiger partial charge in [-0.05, 0) is 50.5 Å². The Hall–Kier alpha value is -3.00. The fourth-order valence-electron chi connectivity index (χ4n) is 3.89. The number of aromatic nitrogens is 2. The molecule has 0 spiro atoms. The Morgan fingerprint density at radius 2 is 1.73 bits per heavy atom. The third-order valence-corrected chi connectivity index (χ3v) is 8.44. The summed E-state index contributed by atoms with van der Waals surface area (Å²) in [6.07, 6.45) is 2.62. The van der Waals surface area contributed by atoms with Gasteiger partial charge in [-0.1, -0.05) is 45.1 Å². The number of rotatable bonds is 12. The molecule has 9 nitrogen and oxygen atoms in total. The second-order valence-electron chi connectivity index (χ2n) is 13.5. The maximum absolute atomic E-state index is 15.1. The zero-order valence-corrected chi connectivity index (χ0v) is 29.1. The molecule has 44 heavy (non-hydrogen) atoms. The second kappa shape index (κ2) is 14.4. The molecule has 0 aliphatic heterocycles. The number of alkyl carbamates (subject to hydrolysis) is 1. The number of nitrogens with zero attached hydrogens (tertiary/aromatic N) is 2. The standard InChI is InChI=1S/C30H42ClF2N5O4SSi/c1-29(2,3)42-28(39)36-17-30(4,5)16-35-27(43)37-19-13-21(32)25(22(33)14-19)41-23-9-10-34-26-24(23)20(31)15-38(26)18-40-11-12-44(6,7)8/h9-10,13-15H,11-12,16-18H2,1-8H3,(H,36,39)(H2,35,37,43). The Bertz CT molecular complexity index is 1470. The Kier molecular flexibility index (Phi) is 11.6. The predicted octanol–water partition coefficient (Wildman–Crippen LogP) is 7.91. The van der Waals surface area contributed by atoms with Gasteiger partial charge in [0, 0.05) is 58.0 Å². The lowest BCUT2D eigenvalue weighted by molar-refractivity contribution is 0.0507. The number of nitrogens with one attached hydrogen (secondary N) is 3. The smallest absolute Gasteiger partial charge is 0.407 e. The Morgan fingerprint density at radius 3 is 2.34 bits per heavy atom. The zero-order valence-electron chi connectivity index (χ0n) is 26.5. The van der Waals surface area contributed by atoms with Crippen LogP contribution in [0.5, 0.6) is 11.5 Å². The van der Waals surface area contributed by atoms with E-state index < -0.39 is 42.6 Å². The van der Waals surface area contributed by atoms with E-state index >= 15 is 8.78 Å². The van der Waals surface area contributed by atoms with Gasteiger partial charge >= 0.3 is 6.09 Å². The first-order valence-corrected chi connectivity index (χ1v) is 18.7. The van der Waals surface area contributed by atoms with E-state index in [0.29, 0.717) is 35.8 Å². The van der Waals surface area contributed by atoms with Gasteiger partial charge < -0.3 is 34.7 Å². The van der Waals surface area contributed by atoms with E-state index in [2.05, 4.69) is 40.6 Å². The molecule has 1 amide bonds. The molecule has 0 unspecified atom stereocenters. The third kappa shape index (κ3) is 10.9. The molecule has 3 aromatic rings. The maximum atomic E-state index is 15.1. The van der Waals surface area contributed by atoms with Gasteiger partial charge in [-0.3, -0.25) is 0 Å². The van der Waals surface area contributed by atoms with Crippen molar-refractivity contribution in [3.05, 3.63) is 47.2 Å². The number of hydrogen-bond donors (Lipinski definition) is 3. The summed E-state index contributed by atoms with van der Waals surface area (Å²) in [7, 11) is -1.24. The van der Waals surface area contributed by atoms with Crippen LogP contribution in [0.4, 0.5) is 19.3 Å². The summed E-state index contributed by atoms with van der Waals surface area (Å²) < 4.78 is 48.8. The van der Waals surface area contributed by atoms with Gasteiger partial charge in [0.25, 0.3) is 0 Å². The minimum Gasteiger partial charge on any atom is -0.450 e. The van der Waals surface area contributed by atoms with E-state index in [9.17, 15) is 4.79 Å². The molecule has 0 radical (unpaired) electrons. The topological polar surface area (TPSA) is 98.7 Å². The van der Waals surface area contributed by atoms with Gasteiger partial charge in [0.15, 0.2) is 22.5 Å². The number of fused-ring (bicyclic) bond motifs is 1. The van der Waals surface area contributed by atoms with Crippen LogP contribution >= 0.6 is 23.8 Å². The fraction of sp³-hybridized carbons (Fsp3) is 0.500. The molecule has 0 atom stereocenters. The fourth-order valence-corrected chi connectivity index (χ4v) is 5.13. The van der Waals surface area contributed by atoms with Crippen LogP contribution in [0.25, 0.3) is 11.0 Å². The number of hydrogen-bond acceptors (Lipinski definition) is 6. The minimum atomic E-state index is -1.24. The van der Waals surface area contributed by atoms with Crippen LogP contribution in [-0.2, 0) is 16.2 Å². The van der Waals surface area contributed by atoms with E-state index in [1.165, 1.54) is 12.3 Å². The molecule has 3 rings (SSSR count). The van der Waals surface area contributed by atoms with Gasteiger partial charge in [-0.15, -0.1) is 0 Å². The number of carbonyl (C=O) groups excluding carboxylic acids is 1. The summed E-state index contributed by atoms with van der Waals surface area (Å²) in [5.41, 5.74) is -0.448. The van der Waals surface area contributed by atoms with Crippen molar-refractivity contribution in [3.8, 4) is 11.5 Å². The molecule has 0 saturated carbocycles. The van der Waals surface area contributed by atoms with Gasteiger partial charge in [-0.2, -0.15) is 0 Å². The third-order valence-electron chi connectivity index (χ3n) is 6.21. The number of anilines is 1. The number of halogens is 3. The van der Waals surface area contributed by atoms with E-state index in [0.717, 1.165) is 18.2 Å². The second-order valence-corrected chi connectivity index (χ2v) is 19.9. The van der Waals surface area contributed by atoms with E-state index in [1.54, 1.807) is 31.5 Å². The molecule has 0 aliphatic carbocycles. The highest BCUT2D eigenvalue weighted by Crippen LogP contribution is 2.37. The van der Waals surface area contributed by atoms with Crippen molar-refractivity contribution in [1.29, 1.82) is 0 Å². The highest BCUT2D eigenvalue weighted by molar-refractivity contribution is 7.80. The van der Waals surface area contributed by atoms with Crippen molar-refractivity contribution in [3.63, 3.8) is 0 Å². The van der Waals surface area contributed by atoms with Crippen LogP contribution in [-0.4, -0.2) is 54.1 Å². The molecule has 2 aromatic heterocycles. The molecule has 0 aliphatic rings. The first kappa shape index (κ1) is 35.5. The molecule has 0 fully saturated rings. The summed E-state index contributed by atoms with van der Waals surface area (Å²) >= 11 is 11.8. The quantitative estimate of drug-likeness (QED) is 0.102. The van der Waals surface area contributed by atoms with Crippen molar-refractivity contribution in [2.24, 2.45) is 5.41 Å². The molecule has 0 bridgehead atoms. The lowest BCUT2D eigenvalue weighted by Gasteiger charge is -2.27. The summed E-state index contributed by atoms with van der Waals surface area (Å²) in [5.74, 6) is -2.31. The average Bonchev–Trinajstić information content (AvgIpc) is 3.21. The summed E-state index contributed by atoms with van der Waals surface area (Å²) in [6.45, 7) is 17.5. The minimum absolute atomic E-state index is 0.0917. The van der Waals surface area contributed by atoms with E-state index in [-0.39, 0.29) is 23.3 Å². The molecule has 2 heterocycles. The van der Waals surface area contributed by atoms with Crippen LogP contribution < -0.4 is 20.7 Å². The average molecular weight is 670 g/mol. The number of benzene rings is 1. The van der Waals surface area contributed by atoms with Gasteiger partial charge in [0.2, 0.25) is 0 Å². The lowest BCUT2D eigenvalue weighted by Crippen LogP contribution is -2.44. The summed E-state index contributed by atoms with van der Waals surface area (Å²) in [4.78, 5) is 16.3. The molecular formula is C30H42ClF2N5O4SSi. The lowest BCUT2D eigenvalue weighted by atomic mass is 9.93. The molecular weight excluding hydrogens is 628 g/mol. The number of thiocarbonyl (C=S) groups is 1. The molecule has 1 aromatic carbocycles. The SMILES string of the molecule is CC(C)(CNC(=O)OC(C)(C)C)CNC(=S)Nc1cc(F)c(Oc2ccnc3c2c(Cl)cn3COCC[Si](C)(C)C)c(F)c1. The Balaban J connectivity index is 1.63. The first-order valence-electron chi connectivity index (χ1n) is 14.2. The summed E-state index contributed by atoms with van der Waals surface area (Å²) in [6, 6.07) is 4.67. The van der Waals surface area contributed by atoms with Crippen LogP contribution in [0, 0.1) is 17.0 Å². The highest BCUT2D eigenvalue weighted by Gasteiger charge is 2.23. The Labute approximate surface area is 269 Å². The van der Waals surface area contributed by atoms with E-state index in [4.69, 9.17) is 38.0 Å². The van der Waals surface area contributed by atoms with Crippen molar-refractivity contribution >= 4 is 59.8 Å². The number of carbonyl (C=O) groups is 1. The maximum Gasteiger partial charge on any atom is 0.407 e. The van der Waals surface area contributed by atoms with Gasteiger partial charge in [-0.25, -0.2) is 18.6 Å².